The maximum Gasteiger partial charge on any atom is 0.416 e. The Morgan fingerprint density at radius 2 is 1.95 bits per heavy atom. The quantitative estimate of drug-likeness (QED) is 0.837. The predicted molar refractivity (Wildman–Crippen MR) is 70.2 cm³/mol. The predicted octanol–water partition coefficient (Wildman–Crippen LogP) is 1.97. The molecule has 22 heavy (non-hydrogen) atoms. The highest BCUT2D eigenvalue weighted by Crippen LogP contribution is 2.32. The van der Waals surface area contributed by atoms with Crippen LogP contribution in [0.3, 0.4) is 0 Å². The maximum absolute atomic E-state index is 13.0. The van der Waals surface area contributed by atoms with E-state index in [0.717, 1.165) is 12.1 Å². The van der Waals surface area contributed by atoms with Gasteiger partial charge in [0.25, 0.3) is 0 Å². The average molecular weight is 320 g/mol. The van der Waals surface area contributed by atoms with Crippen LogP contribution in [0.2, 0.25) is 0 Å². The molecule has 0 radical (unpaired) electrons. The summed E-state index contributed by atoms with van der Waals surface area (Å²) >= 11 is 0. The zero-order valence-electron chi connectivity index (χ0n) is 11.7. The molecule has 1 heterocycles. The Morgan fingerprint density at radius 3 is 2.55 bits per heavy atom. The summed E-state index contributed by atoms with van der Waals surface area (Å²) in [6, 6.07) is 2.34. The van der Waals surface area contributed by atoms with Gasteiger partial charge < -0.3 is 15.8 Å². The third-order valence-corrected chi connectivity index (χ3v) is 3.65. The van der Waals surface area contributed by atoms with Gasteiger partial charge >= 0.3 is 6.18 Å². The van der Waals surface area contributed by atoms with Gasteiger partial charge in [-0.2, -0.15) is 13.2 Å². The van der Waals surface area contributed by atoms with Gasteiger partial charge in [0.2, 0.25) is 5.91 Å². The molecule has 1 fully saturated rings. The molecule has 1 aromatic carbocycles. The van der Waals surface area contributed by atoms with E-state index in [4.69, 9.17) is 10.5 Å². The van der Waals surface area contributed by atoms with Crippen molar-refractivity contribution in [1.82, 2.24) is 5.32 Å². The number of halogens is 4. The molecule has 2 rings (SSSR count). The number of hydrogen-bond acceptors (Lipinski definition) is 3. The van der Waals surface area contributed by atoms with Crippen molar-refractivity contribution in [3.63, 3.8) is 0 Å². The summed E-state index contributed by atoms with van der Waals surface area (Å²) in [6.07, 6.45) is -4.09. The highest BCUT2D eigenvalue weighted by Gasteiger charge is 2.37. The van der Waals surface area contributed by atoms with Crippen molar-refractivity contribution in [2.24, 2.45) is 5.73 Å². The number of alkyl halides is 3. The molecule has 0 aromatic heterocycles. The van der Waals surface area contributed by atoms with E-state index in [1.54, 1.807) is 0 Å². The van der Waals surface area contributed by atoms with Gasteiger partial charge in [0, 0.05) is 19.8 Å². The fourth-order valence-electron chi connectivity index (χ4n) is 2.28. The Kier molecular flexibility index (Phi) is 4.72. The van der Waals surface area contributed by atoms with Gasteiger partial charge in [0.1, 0.15) is 5.82 Å². The fraction of sp³-hybridized carbons (Fsp3) is 0.500. The largest absolute Gasteiger partial charge is 0.416 e. The summed E-state index contributed by atoms with van der Waals surface area (Å²) in [5, 5.41) is 2.40. The van der Waals surface area contributed by atoms with Crippen LogP contribution in [0.1, 0.15) is 24.0 Å². The number of carbonyl (C=O) groups is 1. The van der Waals surface area contributed by atoms with Crippen molar-refractivity contribution in [2.45, 2.75) is 31.1 Å². The first kappa shape index (κ1) is 16.7. The smallest absolute Gasteiger partial charge is 0.381 e. The van der Waals surface area contributed by atoms with Crippen molar-refractivity contribution >= 4 is 5.91 Å². The molecule has 0 aliphatic carbocycles. The van der Waals surface area contributed by atoms with Gasteiger partial charge in [-0.3, -0.25) is 4.79 Å². The van der Waals surface area contributed by atoms with E-state index in [2.05, 4.69) is 5.32 Å². The van der Waals surface area contributed by atoms with Crippen LogP contribution < -0.4 is 11.1 Å². The molecule has 1 aliphatic heterocycles. The van der Waals surface area contributed by atoms with Crippen LogP contribution in [0.5, 0.6) is 0 Å². The molecule has 0 saturated carbocycles. The minimum absolute atomic E-state index is 0.210. The zero-order valence-corrected chi connectivity index (χ0v) is 11.7. The molecule has 0 unspecified atom stereocenters. The number of carbonyl (C=O) groups excluding carboxylic acids is 1. The standard InChI is InChI=1S/C14H16F4N2O2/c15-10-2-1-9(11(7-10)14(16,17)18)8-20-12(21)13(19)3-5-22-6-4-13/h1-2,7H,3-6,8,19H2,(H,20,21). The average Bonchev–Trinajstić information content (AvgIpc) is 2.45. The summed E-state index contributed by atoms with van der Waals surface area (Å²) in [6.45, 7) is 0.288. The first-order chi connectivity index (χ1) is 10.2. The van der Waals surface area contributed by atoms with Crippen molar-refractivity contribution in [1.29, 1.82) is 0 Å². The molecule has 1 aliphatic rings. The van der Waals surface area contributed by atoms with Crippen LogP contribution in [0, 0.1) is 5.82 Å². The van der Waals surface area contributed by atoms with Gasteiger partial charge in [-0.15, -0.1) is 0 Å². The number of nitrogens with two attached hydrogens (primary N) is 1. The van der Waals surface area contributed by atoms with E-state index in [1.165, 1.54) is 0 Å². The van der Waals surface area contributed by atoms with E-state index in [1.807, 2.05) is 0 Å². The number of ether oxygens (including phenoxy) is 1. The Bertz CT molecular complexity index is 554. The lowest BCUT2D eigenvalue weighted by atomic mass is 9.90. The lowest BCUT2D eigenvalue weighted by Crippen LogP contribution is -2.56. The molecule has 122 valence electrons. The first-order valence-electron chi connectivity index (χ1n) is 6.73. The van der Waals surface area contributed by atoms with Crippen molar-refractivity contribution in [2.75, 3.05) is 13.2 Å². The number of nitrogens with one attached hydrogen (secondary N) is 1. The Hall–Kier alpha value is -1.67. The lowest BCUT2D eigenvalue weighted by Gasteiger charge is -2.31. The Labute approximate surface area is 124 Å². The number of benzene rings is 1. The van der Waals surface area contributed by atoms with Crippen LogP contribution in [0.15, 0.2) is 18.2 Å². The topological polar surface area (TPSA) is 64.4 Å². The van der Waals surface area contributed by atoms with E-state index in [9.17, 15) is 22.4 Å². The summed E-state index contributed by atoms with van der Waals surface area (Å²) in [7, 11) is 0. The summed E-state index contributed by atoms with van der Waals surface area (Å²) in [4.78, 5) is 12.1. The van der Waals surface area contributed by atoms with Crippen LogP contribution >= 0.6 is 0 Å². The minimum atomic E-state index is -4.69. The van der Waals surface area contributed by atoms with Gasteiger partial charge in [0.15, 0.2) is 0 Å². The van der Waals surface area contributed by atoms with Crippen LogP contribution in [-0.2, 0) is 22.3 Å². The zero-order chi connectivity index (χ0) is 16.4. The van der Waals surface area contributed by atoms with Crippen molar-refractivity contribution in [3.05, 3.63) is 35.1 Å². The Balaban J connectivity index is 2.10. The monoisotopic (exact) mass is 320 g/mol. The molecule has 1 saturated heterocycles. The normalized spacial score (nSPS) is 18.0. The molecule has 3 N–H and O–H groups in total. The molecule has 0 atom stereocenters. The van der Waals surface area contributed by atoms with Crippen molar-refractivity contribution in [3.8, 4) is 0 Å². The van der Waals surface area contributed by atoms with Crippen molar-refractivity contribution < 1.29 is 27.1 Å². The minimum Gasteiger partial charge on any atom is -0.381 e. The molecular weight excluding hydrogens is 304 g/mol. The van der Waals surface area contributed by atoms with Gasteiger partial charge in [-0.1, -0.05) is 6.07 Å². The summed E-state index contributed by atoms with van der Waals surface area (Å²) < 4.78 is 56.7. The van der Waals surface area contributed by atoms with Crippen LogP contribution in [-0.4, -0.2) is 24.7 Å². The number of rotatable bonds is 3. The first-order valence-corrected chi connectivity index (χ1v) is 6.73. The van der Waals surface area contributed by atoms with E-state index in [0.29, 0.717) is 32.1 Å². The molecule has 1 amide bonds. The third-order valence-electron chi connectivity index (χ3n) is 3.65. The lowest BCUT2D eigenvalue weighted by molar-refractivity contribution is -0.139. The molecule has 8 heteroatoms. The second-order valence-electron chi connectivity index (χ2n) is 5.25. The number of hydrogen-bond donors (Lipinski definition) is 2. The molecule has 0 bridgehead atoms. The second-order valence-corrected chi connectivity index (χ2v) is 5.25. The summed E-state index contributed by atoms with van der Waals surface area (Å²) in [5.74, 6) is -1.52. The molecule has 1 aromatic rings. The maximum atomic E-state index is 13.0. The SMILES string of the molecule is NC1(C(=O)NCc2ccc(F)cc2C(F)(F)F)CCOCC1. The van der Waals surface area contributed by atoms with Gasteiger partial charge in [-0.05, 0) is 30.5 Å². The highest BCUT2D eigenvalue weighted by molar-refractivity contribution is 5.86. The van der Waals surface area contributed by atoms with E-state index < -0.39 is 29.0 Å². The fourth-order valence-corrected chi connectivity index (χ4v) is 2.28. The highest BCUT2D eigenvalue weighted by atomic mass is 19.4. The molecule has 0 spiro atoms. The number of amides is 1. The van der Waals surface area contributed by atoms with Crippen LogP contribution in [0.25, 0.3) is 0 Å². The summed E-state index contributed by atoms with van der Waals surface area (Å²) in [5.41, 5.74) is 3.48. The second kappa shape index (κ2) is 6.21. The Morgan fingerprint density at radius 1 is 1.32 bits per heavy atom. The molecule has 4 nitrogen and oxygen atoms in total. The van der Waals surface area contributed by atoms with E-state index in [-0.39, 0.29) is 12.1 Å². The third kappa shape index (κ3) is 3.75. The van der Waals surface area contributed by atoms with E-state index >= 15 is 0 Å². The van der Waals surface area contributed by atoms with Crippen LogP contribution in [0.4, 0.5) is 17.6 Å². The van der Waals surface area contributed by atoms with Gasteiger partial charge in [0.05, 0.1) is 11.1 Å². The molecular formula is C14H16F4N2O2. The van der Waals surface area contributed by atoms with Gasteiger partial charge in [-0.25, -0.2) is 4.39 Å².